The summed E-state index contributed by atoms with van der Waals surface area (Å²) in [7, 11) is 1.32. The highest BCUT2D eigenvalue weighted by molar-refractivity contribution is 5.96. The van der Waals surface area contributed by atoms with E-state index in [1.54, 1.807) is 36.7 Å². The third-order valence-electron chi connectivity index (χ3n) is 2.86. The average molecular weight is 309 g/mol. The number of ether oxygens (including phenoxy) is 1. The van der Waals surface area contributed by atoms with Crippen LogP contribution in [0.15, 0.2) is 53.8 Å². The standard InChI is InChI=1S/C16H15N5O2/c1-23-15(22)13-5-2-6-14(8-13)21-16(20-11-17)19-10-12-4-3-7-18-9-12/h2-9H,10H2,1H3,(H2,19,20,21). The number of aliphatic imine (C=N–C) groups is 1. The molecule has 0 unspecified atom stereocenters. The lowest BCUT2D eigenvalue weighted by Gasteiger charge is -2.09. The van der Waals surface area contributed by atoms with Gasteiger partial charge in [0, 0.05) is 18.1 Å². The largest absolute Gasteiger partial charge is 0.465 e. The van der Waals surface area contributed by atoms with Gasteiger partial charge < -0.3 is 10.1 Å². The second-order valence-electron chi connectivity index (χ2n) is 4.46. The molecule has 0 aliphatic carbocycles. The normalized spacial score (nSPS) is 10.5. The van der Waals surface area contributed by atoms with Gasteiger partial charge in [-0.25, -0.2) is 9.79 Å². The lowest BCUT2D eigenvalue weighted by atomic mass is 10.2. The molecule has 7 heteroatoms. The molecule has 0 aliphatic rings. The Morgan fingerprint density at radius 3 is 2.96 bits per heavy atom. The quantitative estimate of drug-likeness (QED) is 0.294. The Kier molecular flexibility index (Phi) is 5.66. The monoisotopic (exact) mass is 309 g/mol. The molecular weight excluding hydrogens is 294 g/mol. The van der Waals surface area contributed by atoms with Gasteiger partial charge in [-0.05, 0) is 29.8 Å². The summed E-state index contributed by atoms with van der Waals surface area (Å²) in [6.45, 7) is 0.363. The van der Waals surface area contributed by atoms with Crippen LogP contribution in [0.5, 0.6) is 0 Å². The van der Waals surface area contributed by atoms with Crippen LogP contribution in [0.3, 0.4) is 0 Å². The van der Waals surface area contributed by atoms with Crippen molar-refractivity contribution in [1.82, 2.24) is 10.3 Å². The number of rotatable bonds is 4. The molecule has 0 saturated heterocycles. The number of anilines is 1. The van der Waals surface area contributed by atoms with Gasteiger partial charge in [0.15, 0.2) is 6.19 Å². The van der Waals surface area contributed by atoms with Gasteiger partial charge in [-0.3, -0.25) is 10.3 Å². The van der Waals surface area contributed by atoms with E-state index in [9.17, 15) is 4.79 Å². The summed E-state index contributed by atoms with van der Waals surface area (Å²) in [4.78, 5) is 19.8. The van der Waals surface area contributed by atoms with Crippen LogP contribution in [0, 0.1) is 11.5 Å². The van der Waals surface area contributed by atoms with Crippen LogP contribution in [0.1, 0.15) is 15.9 Å². The zero-order valence-electron chi connectivity index (χ0n) is 12.5. The van der Waals surface area contributed by atoms with Crippen LogP contribution in [0.25, 0.3) is 0 Å². The molecule has 1 aromatic heterocycles. The van der Waals surface area contributed by atoms with Crippen molar-refractivity contribution < 1.29 is 9.53 Å². The topological polar surface area (TPSA) is 99.4 Å². The van der Waals surface area contributed by atoms with E-state index in [4.69, 9.17) is 5.26 Å². The first-order valence-corrected chi connectivity index (χ1v) is 6.77. The fourth-order valence-electron chi connectivity index (χ4n) is 1.80. The molecule has 0 bridgehead atoms. The molecule has 7 nitrogen and oxygen atoms in total. The van der Waals surface area contributed by atoms with Crippen LogP contribution < -0.4 is 10.6 Å². The summed E-state index contributed by atoms with van der Waals surface area (Å²) in [5.74, 6) is -0.158. The SMILES string of the molecule is COC(=O)c1cccc(NC(=NCc2cccnc2)NC#N)c1. The van der Waals surface area contributed by atoms with Gasteiger partial charge in [-0.1, -0.05) is 12.1 Å². The van der Waals surface area contributed by atoms with Crippen molar-refractivity contribution in [1.29, 1.82) is 5.26 Å². The van der Waals surface area contributed by atoms with E-state index in [1.807, 2.05) is 18.3 Å². The Bertz CT molecular complexity index is 738. The number of methoxy groups -OCH3 is 1. The van der Waals surface area contributed by atoms with E-state index < -0.39 is 5.97 Å². The molecule has 2 rings (SSSR count). The molecule has 1 aromatic carbocycles. The summed E-state index contributed by atoms with van der Waals surface area (Å²) < 4.78 is 4.68. The van der Waals surface area contributed by atoms with Crippen LogP contribution in [-0.4, -0.2) is 24.0 Å². The van der Waals surface area contributed by atoms with Crippen LogP contribution in [0.4, 0.5) is 5.69 Å². The van der Waals surface area contributed by atoms with Gasteiger partial charge in [0.25, 0.3) is 0 Å². The molecule has 0 saturated carbocycles. The molecule has 0 fully saturated rings. The van der Waals surface area contributed by atoms with E-state index in [-0.39, 0.29) is 5.96 Å². The molecule has 1 heterocycles. The van der Waals surface area contributed by atoms with Crippen molar-refractivity contribution in [2.75, 3.05) is 12.4 Å². The van der Waals surface area contributed by atoms with Crippen molar-refractivity contribution in [2.45, 2.75) is 6.54 Å². The van der Waals surface area contributed by atoms with E-state index in [2.05, 4.69) is 25.3 Å². The smallest absolute Gasteiger partial charge is 0.337 e. The zero-order chi connectivity index (χ0) is 16.5. The predicted octanol–water partition coefficient (Wildman–Crippen LogP) is 1.91. The van der Waals surface area contributed by atoms with Crippen molar-refractivity contribution in [3.63, 3.8) is 0 Å². The van der Waals surface area contributed by atoms with Crippen molar-refractivity contribution >= 4 is 17.6 Å². The Hall–Kier alpha value is -3.40. The summed E-state index contributed by atoms with van der Waals surface area (Å²) in [6, 6.07) is 10.4. The van der Waals surface area contributed by atoms with Gasteiger partial charge in [-0.2, -0.15) is 5.26 Å². The highest BCUT2D eigenvalue weighted by Crippen LogP contribution is 2.11. The second-order valence-corrected chi connectivity index (χ2v) is 4.46. The minimum Gasteiger partial charge on any atom is -0.465 e. The van der Waals surface area contributed by atoms with Crippen LogP contribution in [0.2, 0.25) is 0 Å². The predicted molar refractivity (Wildman–Crippen MR) is 85.5 cm³/mol. The second kappa shape index (κ2) is 8.14. The lowest BCUT2D eigenvalue weighted by Crippen LogP contribution is -2.27. The average Bonchev–Trinajstić information content (AvgIpc) is 2.60. The number of carbonyl (C=O) groups is 1. The molecule has 0 spiro atoms. The van der Waals surface area contributed by atoms with Crippen LogP contribution >= 0.6 is 0 Å². The first-order valence-electron chi connectivity index (χ1n) is 6.77. The number of pyridine rings is 1. The number of nitriles is 1. The zero-order valence-corrected chi connectivity index (χ0v) is 12.5. The number of esters is 1. The van der Waals surface area contributed by atoms with Crippen LogP contribution in [-0.2, 0) is 11.3 Å². The van der Waals surface area contributed by atoms with Crippen molar-refractivity contribution in [3.8, 4) is 6.19 Å². The molecule has 2 aromatic rings. The summed E-state index contributed by atoms with van der Waals surface area (Å²) in [6.07, 6.45) is 5.20. The highest BCUT2D eigenvalue weighted by Gasteiger charge is 2.07. The minimum absolute atomic E-state index is 0.276. The number of aromatic nitrogens is 1. The third-order valence-corrected chi connectivity index (χ3v) is 2.86. The van der Waals surface area contributed by atoms with Crippen molar-refractivity contribution in [3.05, 3.63) is 59.9 Å². The number of nitrogens with one attached hydrogen (secondary N) is 2. The Morgan fingerprint density at radius 1 is 1.39 bits per heavy atom. The molecular formula is C16H15N5O2. The third kappa shape index (κ3) is 4.82. The fraction of sp³-hybridized carbons (Fsp3) is 0.125. The summed E-state index contributed by atoms with van der Waals surface area (Å²) in [5.41, 5.74) is 1.93. The van der Waals surface area contributed by atoms with Gasteiger partial charge in [0.05, 0.1) is 19.2 Å². The molecule has 0 radical (unpaired) electrons. The fourth-order valence-corrected chi connectivity index (χ4v) is 1.80. The summed E-state index contributed by atoms with van der Waals surface area (Å²) >= 11 is 0. The molecule has 0 aliphatic heterocycles. The molecule has 2 N–H and O–H groups in total. The Labute approximate surface area is 133 Å². The van der Waals surface area contributed by atoms with Gasteiger partial charge >= 0.3 is 5.97 Å². The molecule has 23 heavy (non-hydrogen) atoms. The minimum atomic E-state index is -0.434. The molecule has 116 valence electrons. The maximum atomic E-state index is 11.5. The number of guanidine groups is 1. The molecule has 0 atom stereocenters. The number of hydrogen-bond acceptors (Lipinski definition) is 5. The van der Waals surface area contributed by atoms with Gasteiger partial charge in [-0.15, -0.1) is 0 Å². The first-order chi connectivity index (χ1) is 11.2. The van der Waals surface area contributed by atoms with E-state index in [1.165, 1.54) is 7.11 Å². The summed E-state index contributed by atoms with van der Waals surface area (Å²) in [5, 5.41) is 14.3. The number of nitrogens with zero attached hydrogens (tertiary/aromatic N) is 3. The number of hydrogen-bond donors (Lipinski definition) is 2. The number of carbonyl (C=O) groups excluding carboxylic acids is 1. The van der Waals surface area contributed by atoms with E-state index in [0.717, 1.165) is 5.56 Å². The van der Waals surface area contributed by atoms with E-state index in [0.29, 0.717) is 17.8 Å². The van der Waals surface area contributed by atoms with Crippen molar-refractivity contribution in [2.24, 2.45) is 4.99 Å². The maximum Gasteiger partial charge on any atom is 0.337 e. The number of benzene rings is 1. The first kappa shape index (κ1) is 16.0. The van der Waals surface area contributed by atoms with Gasteiger partial charge in [0.1, 0.15) is 0 Å². The lowest BCUT2D eigenvalue weighted by molar-refractivity contribution is 0.0601. The maximum absolute atomic E-state index is 11.5. The Morgan fingerprint density at radius 2 is 2.26 bits per heavy atom. The van der Waals surface area contributed by atoms with E-state index >= 15 is 0 Å². The highest BCUT2D eigenvalue weighted by atomic mass is 16.5. The molecule has 0 amide bonds. The van der Waals surface area contributed by atoms with Gasteiger partial charge in [0.2, 0.25) is 5.96 Å². The Balaban J connectivity index is 2.13.